The van der Waals surface area contributed by atoms with Gasteiger partial charge in [0.15, 0.2) is 5.79 Å². The van der Waals surface area contributed by atoms with Gasteiger partial charge in [0.2, 0.25) is 0 Å². The van der Waals surface area contributed by atoms with E-state index in [0.717, 1.165) is 0 Å². The minimum atomic E-state index is -5.11. The van der Waals surface area contributed by atoms with E-state index in [1.54, 1.807) is 0 Å². The van der Waals surface area contributed by atoms with Gasteiger partial charge in [-0.3, -0.25) is 4.79 Å². The molecule has 4 atom stereocenters. The molecular weight excluding hydrogens is 271 g/mol. The SMILES string of the molecule is C=CCC1(O)OC[C@H](NC(=O)C(F)(F)F)[C@H](O)[C@@H]1O. The van der Waals surface area contributed by atoms with Crippen LogP contribution in [0.4, 0.5) is 13.2 Å². The third-order valence-electron chi connectivity index (χ3n) is 2.72. The van der Waals surface area contributed by atoms with Crippen LogP contribution in [0.25, 0.3) is 0 Å². The number of nitrogens with one attached hydrogen (secondary N) is 1. The van der Waals surface area contributed by atoms with E-state index in [2.05, 4.69) is 6.58 Å². The standard InChI is InChI=1S/C10H14F3NO5/c1-2-3-9(18)7(16)6(15)5(4-19-9)14-8(17)10(11,12)13/h2,5-7,15-16,18H,1,3-4H2,(H,14,17)/t5-,6-,7-,9?/m0/s1. The van der Waals surface area contributed by atoms with Crippen molar-refractivity contribution in [3.63, 3.8) is 0 Å². The van der Waals surface area contributed by atoms with Crippen molar-refractivity contribution in [1.82, 2.24) is 5.32 Å². The number of hydrogen-bond acceptors (Lipinski definition) is 5. The predicted molar refractivity (Wildman–Crippen MR) is 55.7 cm³/mol. The van der Waals surface area contributed by atoms with Crippen molar-refractivity contribution >= 4 is 5.91 Å². The summed E-state index contributed by atoms with van der Waals surface area (Å²) in [5.74, 6) is -4.40. The molecule has 110 valence electrons. The van der Waals surface area contributed by atoms with Crippen LogP contribution >= 0.6 is 0 Å². The van der Waals surface area contributed by atoms with E-state index >= 15 is 0 Å². The monoisotopic (exact) mass is 285 g/mol. The van der Waals surface area contributed by atoms with E-state index in [4.69, 9.17) is 4.74 Å². The lowest BCUT2D eigenvalue weighted by molar-refractivity contribution is -0.304. The van der Waals surface area contributed by atoms with Gasteiger partial charge >= 0.3 is 12.1 Å². The maximum atomic E-state index is 12.0. The van der Waals surface area contributed by atoms with Gasteiger partial charge in [-0.05, 0) is 0 Å². The molecule has 9 heteroatoms. The third kappa shape index (κ3) is 3.44. The quantitative estimate of drug-likeness (QED) is 0.501. The molecule has 0 aliphatic carbocycles. The largest absolute Gasteiger partial charge is 0.471 e. The van der Waals surface area contributed by atoms with Crippen LogP contribution in [-0.2, 0) is 9.53 Å². The highest BCUT2D eigenvalue weighted by Gasteiger charge is 2.50. The molecule has 1 aliphatic heterocycles. The number of carbonyl (C=O) groups is 1. The summed E-state index contributed by atoms with van der Waals surface area (Å²) in [5.41, 5.74) is 0. The molecule has 0 saturated carbocycles. The van der Waals surface area contributed by atoms with E-state index in [1.807, 2.05) is 0 Å². The summed E-state index contributed by atoms with van der Waals surface area (Å²) in [6.07, 6.45) is -7.81. The molecule has 0 spiro atoms. The summed E-state index contributed by atoms with van der Waals surface area (Å²) in [6.45, 7) is 2.73. The molecule has 1 saturated heterocycles. The summed E-state index contributed by atoms with van der Waals surface area (Å²) >= 11 is 0. The van der Waals surface area contributed by atoms with Crippen LogP contribution in [-0.4, -0.2) is 58.0 Å². The Morgan fingerprint density at radius 2 is 2.11 bits per heavy atom. The van der Waals surface area contributed by atoms with E-state index < -0.39 is 42.7 Å². The third-order valence-corrected chi connectivity index (χ3v) is 2.72. The molecule has 0 aromatic carbocycles. The van der Waals surface area contributed by atoms with Gasteiger partial charge < -0.3 is 25.4 Å². The second-order valence-electron chi connectivity index (χ2n) is 4.16. The Morgan fingerprint density at radius 3 is 2.58 bits per heavy atom. The molecule has 0 aromatic heterocycles. The van der Waals surface area contributed by atoms with Crippen LogP contribution in [0.5, 0.6) is 0 Å². The zero-order valence-corrected chi connectivity index (χ0v) is 9.72. The van der Waals surface area contributed by atoms with Crippen molar-refractivity contribution in [1.29, 1.82) is 0 Å². The van der Waals surface area contributed by atoms with Crippen molar-refractivity contribution in [3.8, 4) is 0 Å². The van der Waals surface area contributed by atoms with E-state index in [1.165, 1.54) is 11.4 Å². The Kier molecular flexibility index (Phi) is 4.56. The molecule has 1 heterocycles. The van der Waals surface area contributed by atoms with Gasteiger partial charge in [0.1, 0.15) is 12.2 Å². The number of ether oxygens (including phenoxy) is 1. The van der Waals surface area contributed by atoms with Crippen molar-refractivity contribution in [2.24, 2.45) is 0 Å². The molecular formula is C10H14F3NO5. The topological polar surface area (TPSA) is 99.0 Å². The zero-order chi connectivity index (χ0) is 14.8. The first kappa shape index (κ1) is 15.9. The lowest BCUT2D eigenvalue weighted by Crippen LogP contribution is -2.65. The smallest absolute Gasteiger partial charge is 0.388 e. The van der Waals surface area contributed by atoms with Crippen molar-refractivity contribution < 1.29 is 38.0 Å². The second-order valence-corrected chi connectivity index (χ2v) is 4.16. The van der Waals surface area contributed by atoms with E-state index in [9.17, 15) is 33.3 Å². The molecule has 1 aliphatic rings. The minimum Gasteiger partial charge on any atom is -0.388 e. The van der Waals surface area contributed by atoms with Crippen LogP contribution in [0.2, 0.25) is 0 Å². The molecule has 1 fully saturated rings. The van der Waals surface area contributed by atoms with Crippen molar-refractivity contribution in [3.05, 3.63) is 12.7 Å². The molecule has 0 radical (unpaired) electrons. The molecule has 19 heavy (non-hydrogen) atoms. The lowest BCUT2D eigenvalue weighted by atomic mass is 9.93. The first-order valence-corrected chi connectivity index (χ1v) is 5.33. The first-order chi connectivity index (χ1) is 8.62. The zero-order valence-electron chi connectivity index (χ0n) is 9.72. The molecule has 1 unspecified atom stereocenters. The van der Waals surface area contributed by atoms with Gasteiger partial charge in [-0.25, -0.2) is 0 Å². The van der Waals surface area contributed by atoms with Gasteiger partial charge in [0.05, 0.1) is 12.6 Å². The van der Waals surface area contributed by atoms with Gasteiger partial charge in [-0.15, -0.1) is 6.58 Å². The normalized spacial score (nSPS) is 35.8. The Bertz CT molecular complexity index is 362. The summed E-state index contributed by atoms with van der Waals surface area (Å²) in [4.78, 5) is 10.7. The maximum Gasteiger partial charge on any atom is 0.471 e. The molecule has 4 N–H and O–H groups in total. The summed E-state index contributed by atoms with van der Waals surface area (Å²) < 4.78 is 40.9. The second kappa shape index (κ2) is 5.45. The fourth-order valence-corrected chi connectivity index (χ4v) is 1.67. The number of hydrogen-bond donors (Lipinski definition) is 4. The van der Waals surface area contributed by atoms with Gasteiger partial charge in [0, 0.05) is 6.42 Å². The van der Waals surface area contributed by atoms with Crippen LogP contribution < -0.4 is 5.32 Å². The van der Waals surface area contributed by atoms with Gasteiger partial charge in [0.25, 0.3) is 0 Å². The van der Waals surface area contributed by atoms with Crippen molar-refractivity contribution in [2.45, 2.75) is 36.6 Å². The Morgan fingerprint density at radius 1 is 1.53 bits per heavy atom. The highest BCUT2D eigenvalue weighted by atomic mass is 19.4. The summed E-state index contributed by atoms with van der Waals surface area (Å²) in [6, 6.07) is -1.48. The van der Waals surface area contributed by atoms with Crippen LogP contribution in [0.1, 0.15) is 6.42 Å². The van der Waals surface area contributed by atoms with E-state index in [0.29, 0.717) is 0 Å². The number of aliphatic hydroxyl groups is 3. The van der Waals surface area contributed by atoms with Gasteiger partial charge in [-0.1, -0.05) is 6.08 Å². The van der Waals surface area contributed by atoms with Crippen LogP contribution in [0, 0.1) is 0 Å². The fraction of sp³-hybridized carbons (Fsp3) is 0.700. The number of alkyl halides is 3. The predicted octanol–water partition coefficient (Wildman–Crippen LogP) is -0.950. The Balaban J connectivity index is 2.72. The number of rotatable bonds is 3. The maximum absolute atomic E-state index is 12.0. The van der Waals surface area contributed by atoms with Crippen molar-refractivity contribution in [2.75, 3.05) is 6.61 Å². The van der Waals surface area contributed by atoms with Gasteiger partial charge in [-0.2, -0.15) is 13.2 Å². The molecule has 1 rings (SSSR count). The van der Waals surface area contributed by atoms with E-state index in [-0.39, 0.29) is 6.42 Å². The summed E-state index contributed by atoms with van der Waals surface area (Å²) in [7, 11) is 0. The average Bonchev–Trinajstić information content (AvgIpc) is 2.29. The molecule has 0 aromatic rings. The Hall–Kier alpha value is -1.16. The minimum absolute atomic E-state index is 0.231. The highest BCUT2D eigenvalue weighted by molar-refractivity contribution is 5.82. The number of halogens is 3. The lowest BCUT2D eigenvalue weighted by Gasteiger charge is -2.43. The summed E-state index contributed by atoms with van der Waals surface area (Å²) in [5, 5.41) is 30.5. The number of carbonyl (C=O) groups excluding carboxylic acids is 1. The molecule has 1 amide bonds. The molecule has 6 nitrogen and oxygen atoms in total. The fourth-order valence-electron chi connectivity index (χ4n) is 1.67. The highest BCUT2D eigenvalue weighted by Crippen LogP contribution is 2.27. The molecule has 0 bridgehead atoms. The van der Waals surface area contributed by atoms with Crippen LogP contribution in [0.3, 0.4) is 0 Å². The Labute approximate surface area is 106 Å². The first-order valence-electron chi connectivity index (χ1n) is 5.33. The number of amides is 1. The number of aliphatic hydroxyl groups excluding tert-OH is 2. The average molecular weight is 285 g/mol. The van der Waals surface area contributed by atoms with Crippen LogP contribution in [0.15, 0.2) is 12.7 Å².